The summed E-state index contributed by atoms with van der Waals surface area (Å²) in [6.07, 6.45) is 15.6. The molecule has 1 aromatic rings. The number of aromatic nitrogens is 1. The van der Waals surface area contributed by atoms with E-state index in [4.69, 9.17) is 0 Å². The second-order valence-corrected chi connectivity index (χ2v) is 5.09. The van der Waals surface area contributed by atoms with Gasteiger partial charge in [-0.15, -0.1) is 0 Å². The van der Waals surface area contributed by atoms with E-state index in [1.807, 2.05) is 0 Å². The second kappa shape index (κ2) is 9.21. The van der Waals surface area contributed by atoms with E-state index >= 15 is 0 Å². The number of hydrogen-bond donors (Lipinski definition) is 0. The summed E-state index contributed by atoms with van der Waals surface area (Å²) in [6, 6.07) is 4.30. The van der Waals surface area contributed by atoms with Crippen LogP contribution in [-0.2, 0) is 6.54 Å². The van der Waals surface area contributed by atoms with Crippen LogP contribution in [0.1, 0.15) is 63.9 Å². The summed E-state index contributed by atoms with van der Waals surface area (Å²) in [6.45, 7) is 5.61. The van der Waals surface area contributed by atoms with Crippen molar-refractivity contribution in [3.63, 3.8) is 0 Å². The molecule has 17 heavy (non-hydrogen) atoms. The Labute approximate surface area is 107 Å². The molecule has 0 bridgehead atoms. The van der Waals surface area contributed by atoms with Gasteiger partial charge in [0.15, 0.2) is 12.4 Å². The van der Waals surface area contributed by atoms with Crippen molar-refractivity contribution in [3.8, 4) is 0 Å². The van der Waals surface area contributed by atoms with Crippen molar-refractivity contribution in [2.75, 3.05) is 0 Å². The highest BCUT2D eigenvalue weighted by Gasteiger charge is 1.99. The highest BCUT2D eigenvalue weighted by Crippen LogP contribution is 2.08. The Morgan fingerprint density at radius 3 is 2.24 bits per heavy atom. The van der Waals surface area contributed by atoms with Crippen molar-refractivity contribution in [2.45, 2.75) is 71.8 Å². The van der Waals surface area contributed by atoms with Gasteiger partial charge in [-0.25, -0.2) is 4.57 Å². The predicted molar refractivity (Wildman–Crippen MR) is 74.0 cm³/mol. The Morgan fingerprint density at radius 2 is 1.59 bits per heavy atom. The monoisotopic (exact) mass is 234 g/mol. The zero-order valence-electron chi connectivity index (χ0n) is 11.6. The Balaban J connectivity index is 1.97. The van der Waals surface area contributed by atoms with Gasteiger partial charge in [0.1, 0.15) is 6.54 Å². The van der Waals surface area contributed by atoms with Gasteiger partial charge in [0, 0.05) is 18.1 Å². The average Bonchev–Trinajstić information content (AvgIpc) is 2.33. The van der Waals surface area contributed by atoms with Crippen molar-refractivity contribution in [2.24, 2.45) is 0 Å². The summed E-state index contributed by atoms with van der Waals surface area (Å²) < 4.78 is 2.31. The molecule has 0 aliphatic rings. The quantitative estimate of drug-likeness (QED) is 0.440. The van der Waals surface area contributed by atoms with E-state index in [2.05, 4.69) is 42.9 Å². The molecule has 1 nitrogen and oxygen atoms in total. The van der Waals surface area contributed by atoms with Crippen LogP contribution in [0.15, 0.2) is 24.5 Å². The van der Waals surface area contributed by atoms with Gasteiger partial charge in [0.2, 0.25) is 0 Å². The lowest BCUT2D eigenvalue weighted by Gasteiger charge is -2.00. The fourth-order valence-corrected chi connectivity index (χ4v) is 2.22. The number of pyridine rings is 1. The molecule has 0 aromatic carbocycles. The van der Waals surface area contributed by atoms with E-state index in [-0.39, 0.29) is 0 Å². The molecule has 0 atom stereocenters. The van der Waals surface area contributed by atoms with Crippen LogP contribution in [0.4, 0.5) is 0 Å². The predicted octanol–water partition coefficient (Wildman–Crippen LogP) is 4.42. The number of unbranched alkanes of at least 4 members (excludes halogenated alkanes) is 7. The van der Waals surface area contributed by atoms with Crippen molar-refractivity contribution >= 4 is 0 Å². The summed E-state index contributed by atoms with van der Waals surface area (Å²) >= 11 is 0. The van der Waals surface area contributed by atoms with Crippen LogP contribution in [0.5, 0.6) is 0 Å². The molecule has 0 unspecified atom stereocenters. The number of hydrogen-bond acceptors (Lipinski definition) is 0. The maximum Gasteiger partial charge on any atom is 0.171 e. The summed E-state index contributed by atoms with van der Waals surface area (Å²) in [5.74, 6) is 0. The maximum atomic E-state index is 2.31. The van der Waals surface area contributed by atoms with Crippen molar-refractivity contribution in [3.05, 3.63) is 30.1 Å². The first-order valence-electron chi connectivity index (χ1n) is 7.28. The second-order valence-electron chi connectivity index (χ2n) is 5.09. The van der Waals surface area contributed by atoms with Crippen LogP contribution in [0.2, 0.25) is 0 Å². The van der Waals surface area contributed by atoms with Gasteiger partial charge >= 0.3 is 0 Å². The normalized spacial score (nSPS) is 10.7. The number of nitrogens with zero attached hydrogens (tertiary/aromatic N) is 1. The molecule has 0 N–H and O–H groups in total. The smallest absolute Gasteiger partial charge is 0.171 e. The van der Waals surface area contributed by atoms with Crippen LogP contribution in [0, 0.1) is 6.92 Å². The number of rotatable bonds is 9. The van der Waals surface area contributed by atoms with Crippen LogP contribution in [-0.4, -0.2) is 0 Å². The number of aryl methyl sites for hydroxylation is 2. The topological polar surface area (TPSA) is 3.88 Å². The third-order valence-corrected chi connectivity index (χ3v) is 3.28. The van der Waals surface area contributed by atoms with Crippen LogP contribution in [0.25, 0.3) is 0 Å². The summed E-state index contributed by atoms with van der Waals surface area (Å²) in [5.41, 5.74) is 1.35. The zero-order chi connectivity index (χ0) is 12.3. The van der Waals surface area contributed by atoms with Crippen molar-refractivity contribution in [1.82, 2.24) is 0 Å². The van der Waals surface area contributed by atoms with Gasteiger partial charge in [-0.3, -0.25) is 0 Å². The summed E-state index contributed by atoms with van der Waals surface area (Å²) in [5, 5.41) is 0. The maximum absolute atomic E-state index is 2.31. The lowest BCUT2D eigenvalue weighted by molar-refractivity contribution is -0.697. The molecule has 1 heteroatoms. The minimum Gasteiger partial charge on any atom is -0.205 e. The van der Waals surface area contributed by atoms with Crippen LogP contribution >= 0.6 is 0 Å². The Kier molecular flexibility index (Phi) is 7.70. The van der Waals surface area contributed by atoms with Gasteiger partial charge in [-0.05, 0) is 19.4 Å². The molecule has 0 fully saturated rings. The fourth-order valence-electron chi connectivity index (χ4n) is 2.22. The molecule has 1 aromatic heterocycles. The first kappa shape index (κ1) is 14.2. The minimum atomic E-state index is 1.18. The highest BCUT2D eigenvalue weighted by molar-refractivity contribution is 5.01. The molecule has 96 valence electrons. The standard InChI is InChI=1S/C16H28N/c1-3-4-5-6-7-8-9-10-13-17-14-11-12-16(2)15-17/h11-12,14-15H,3-10,13H2,1-2H3/q+1. The van der Waals surface area contributed by atoms with Crippen LogP contribution in [0.3, 0.4) is 0 Å². The molecule has 0 radical (unpaired) electrons. The molecule has 0 saturated carbocycles. The largest absolute Gasteiger partial charge is 0.205 e. The Bertz CT molecular complexity index is 293. The highest BCUT2D eigenvalue weighted by atomic mass is 14.9. The first-order chi connectivity index (χ1) is 8.33. The third-order valence-electron chi connectivity index (χ3n) is 3.28. The Hall–Kier alpha value is -0.850. The van der Waals surface area contributed by atoms with E-state index in [0.717, 1.165) is 0 Å². The van der Waals surface area contributed by atoms with Crippen LogP contribution < -0.4 is 4.57 Å². The molecular formula is C16H28N+. The molecule has 0 spiro atoms. The SMILES string of the molecule is CCCCCCCCCC[n+]1cccc(C)c1. The van der Waals surface area contributed by atoms with Gasteiger partial charge in [0.05, 0.1) is 0 Å². The van der Waals surface area contributed by atoms with E-state index < -0.39 is 0 Å². The molecule has 0 aliphatic heterocycles. The molecule has 0 aliphatic carbocycles. The van der Waals surface area contributed by atoms with Gasteiger partial charge in [-0.2, -0.15) is 0 Å². The Morgan fingerprint density at radius 1 is 0.941 bits per heavy atom. The van der Waals surface area contributed by atoms with Crippen molar-refractivity contribution in [1.29, 1.82) is 0 Å². The summed E-state index contributed by atoms with van der Waals surface area (Å²) in [4.78, 5) is 0. The molecule has 1 rings (SSSR count). The third kappa shape index (κ3) is 7.14. The lowest BCUT2D eigenvalue weighted by atomic mass is 10.1. The zero-order valence-corrected chi connectivity index (χ0v) is 11.6. The summed E-state index contributed by atoms with van der Waals surface area (Å²) in [7, 11) is 0. The molecule has 1 heterocycles. The molecule has 0 amide bonds. The van der Waals surface area contributed by atoms with E-state index in [1.54, 1.807) is 0 Å². The van der Waals surface area contributed by atoms with Gasteiger partial charge in [-0.1, -0.05) is 45.4 Å². The first-order valence-corrected chi connectivity index (χ1v) is 7.28. The van der Waals surface area contributed by atoms with Gasteiger partial charge < -0.3 is 0 Å². The van der Waals surface area contributed by atoms with E-state index in [1.165, 1.54) is 63.5 Å². The van der Waals surface area contributed by atoms with Gasteiger partial charge in [0.25, 0.3) is 0 Å². The molecular weight excluding hydrogens is 206 g/mol. The van der Waals surface area contributed by atoms with Crippen molar-refractivity contribution < 1.29 is 4.57 Å². The minimum absolute atomic E-state index is 1.18. The lowest BCUT2D eigenvalue weighted by Crippen LogP contribution is -2.32. The van der Waals surface area contributed by atoms with E-state index in [9.17, 15) is 0 Å². The fraction of sp³-hybridized carbons (Fsp3) is 0.688. The van der Waals surface area contributed by atoms with E-state index in [0.29, 0.717) is 0 Å². The molecule has 0 saturated heterocycles. The average molecular weight is 234 g/mol.